The van der Waals surface area contributed by atoms with Gasteiger partial charge in [-0.1, -0.05) is 0 Å². The Labute approximate surface area is 112 Å². The molecule has 2 rings (SSSR count). The van der Waals surface area contributed by atoms with E-state index in [0.29, 0.717) is 12.3 Å². The van der Waals surface area contributed by atoms with Crippen LogP contribution in [0.1, 0.15) is 23.8 Å². The van der Waals surface area contributed by atoms with Crippen LogP contribution in [0.5, 0.6) is 0 Å². The second-order valence-electron chi connectivity index (χ2n) is 4.20. The van der Waals surface area contributed by atoms with Crippen LogP contribution in [0.25, 0.3) is 10.9 Å². The van der Waals surface area contributed by atoms with E-state index in [0.717, 1.165) is 30.5 Å². The first-order valence-electron chi connectivity index (χ1n) is 6.37. The van der Waals surface area contributed by atoms with Crippen LogP contribution in [0.3, 0.4) is 0 Å². The zero-order valence-corrected chi connectivity index (χ0v) is 11.3. The van der Waals surface area contributed by atoms with E-state index >= 15 is 0 Å². The molecular formula is C14H18N2O3. The number of hydrogen-bond acceptors (Lipinski definition) is 4. The molecule has 0 atom stereocenters. The number of esters is 1. The van der Waals surface area contributed by atoms with E-state index in [2.05, 4.69) is 9.55 Å². The van der Waals surface area contributed by atoms with E-state index in [-0.39, 0.29) is 5.97 Å². The van der Waals surface area contributed by atoms with Gasteiger partial charge in [0.1, 0.15) is 5.69 Å². The Hall–Kier alpha value is -1.88. The van der Waals surface area contributed by atoms with Crippen molar-refractivity contribution < 1.29 is 14.3 Å². The van der Waals surface area contributed by atoms with Crippen LogP contribution in [-0.2, 0) is 16.0 Å². The van der Waals surface area contributed by atoms with Crippen molar-refractivity contribution >= 4 is 16.9 Å². The van der Waals surface area contributed by atoms with Gasteiger partial charge in [-0.15, -0.1) is 0 Å². The third kappa shape index (κ3) is 3.12. The highest BCUT2D eigenvalue weighted by Crippen LogP contribution is 2.16. The van der Waals surface area contributed by atoms with Crippen LogP contribution in [-0.4, -0.2) is 35.8 Å². The van der Waals surface area contributed by atoms with Crippen molar-refractivity contribution in [2.75, 3.05) is 20.3 Å². The Morgan fingerprint density at radius 1 is 1.47 bits per heavy atom. The van der Waals surface area contributed by atoms with Gasteiger partial charge in [0.25, 0.3) is 0 Å². The van der Waals surface area contributed by atoms with Crippen molar-refractivity contribution in [1.29, 1.82) is 0 Å². The van der Waals surface area contributed by atoms with E-state index in [1.165, 1.54) is 0 Å². The molecule has 0 aliphatic carbocycles. The number of fused-ring (bicyclic) bond motifs is 1. The summed E-state index contributed by atoms with van der Waals surface area (Å²) >= 11 is 0. The van der Waals surface area contributed by atoms with Crippen LogP contribution in [0.4, 0.5) is 0 Å². The maximum atomic E-state index is 11.7. The van der Waals surface area contributed by atoms with Crippen LogP contribution in [0, 0.1) is 0 Å². The second kappa shape index (κ2) is 6.33. The van der Waals surface area contributed by atoms with Crippen LogP contribution < -0.4 is 0 Å². The Balaban J connectivity index is 2.24. The SMILES string of the molecule is CCOC(=O)c1cc2c(ccn2CCCOC)cn1. The van der Waals surface area contributed by atoms with E-state index in [4.69, 9.17) is 9.47 Å². The average molecular weight is 262 g/mol. The molecule has 0 radical (unpaired) electrons. The average Bonchev–Trinajstić information content (AvgIpc) is 2.82. The maximum absolute atomic E-state index is 11.7. The molecule has 0 bridgehead atoms. The second-order valence-corrected chi connectivity index (χ2v) is 4.20. The molecule has 0 aliphatic rings. The minimum Gasteiger partial charge on any atom is -0.461 e. The van der Waals surface area contributed by atoms with Gasteiger partial charge in [-0.05, 0) is 25.5 Å². The summed E-state index contributed by atoms with van der Waals surface area (Å²) in [6.45, 7) is 3.70. The lowest BCUT2D eigenvalue weighted by molar-refractivity contribution is 0.0519. The predicted molar refractivity (Wildman–Crippen MR) is 72.2 cm³/mol. The van der Waals surface area contributed by atoms with Gasteiger partial charge >= 0.3 is 5.97 Å². The Bertz CT molecular complexity index is 563. The van der Waals surface area contributed by atoms with E-state index < -0.39 is 0 Å². The molecule has 0 saturated carbocycles. The fourth-order valence-corrected chi connectivity index (χ4v) is 1.97. The van der Waals surface area contributed by atoms with E-state index in [1.54, 1.807) is 26.3 Å². The Kier molecular flexibility index (Phi) is 4.52. The summed E-state index contributed by atoms with van der Waals surface area (Å²) in [6.07, 6.45) is 4.63. The largest absolute Gasteiger partial charge is 0.461 e. The molecule has 5 nitrogen and oxygen atoms in total. The highest BCUT2D eigenvalue weighted by atomic mass is 16.5. The molecule has 2 aromatic rings. The summed E-state index contributed by atoms with van der Waals surface area (Å²) < 4.78 is 12.1. The zero-order chi connectivity index (χ0) is 13.7. The first-order valence-corrected chi connectivity index (χ1v) is 6.37. The summed E-state index contributed by atoms with van der Waals surface area (Å²) in [6, 6.07) is 3.77. The van der Waals surface area contributed by atoms with Gasteiger partial charge < -0.3 is 14.0 Å². The number of carbonyl (C=O) groups excluding carboxylic acids is 1. The quantitative estimate of drug-likeness (QED) is 0.592. The number of aromatic nitrogens is 2. The summed E-state index contributed by atoms with van der Waals surface area (Å²) in [7, 11) is 1.69. The first kappa shape index (κ1) is 13.5. The third-order valence-corrected chi connectivity index (χ3v) is 2.89. The van der Waals surface area contributed by atoms with Gasteiger partial charge in [-0.2, -0.15) is 0 Å². The van der Waals surface area contributed by atoms with Gasteiger partial charge in [-0.3, -0.25) is 0 Å². The molecule has 2 heterocycles. The van der Waals surface area contributed by atoms with Crippen LogP contribution >= 0.6 is 0 Å². The smallest absolute Gasteiger partial charge is 0.356 e. The first-order chi connectivity index (χ1) is 9.26. The molecule has 102 valence electrons. The molecule has 5 heteroatoms. The zero-order valence-electron chi connectivity index (χ0n) is 11.3. The lowest BCUT2D eigenvalue weighted by Crippen LogP contribution is -2.07. The van der Waals surface area contributed by atoms with Gasteiger partial charge in [0.15, 0.2) is 0 Å². The number of nitrogens with zero attached hydrogens (tertiary/aromatic N) is 2. The van der Waals surface area contributed by atoms with Gasteiger partial charge in [-0.25, -0.2) is 9.78 Å². The van der Waals surface area contributed by atoms with Crippen molar-refractivity contribution in [3.8, 4) is 0 Å². The Morgan fingerprint density at radius 3 is 3.05 bits per heavy atom. The standard InChI is InChI=1S/C14H18N2O3/c1-3-19-14(17)12-9-13-11(10-15-12)5-7-16(13)6-4-8-18-2/h5,7,9-10H,3-4,6,8H2,1-2H3. The number of methoxy groups -OCH3 is 1. The molecule has 0 aromatic carbocycles. The third-order valence-electron chi connectivity index (χ3n) is 2.89. The van der Waals surface area contributed by atoms with Crippen molar-refractivity contribution in [2.45, 2.75) is 19.9 Å². The molecule has 0 fully saturated rings. The fourth-order valence-electron chi connectivity index (χ4n) is 1.97. The summed E-state index contributed by atoms with van der Waals surface area (Å²) in [4.78, 5) is 15.8. The fraction of sp³-hybridized carbons (Fsp3) is 0.429. The van der Waals surface area contributed by atoms with Crippen molar-refractivity contribution in [2.24, 2.45) is 0 Å². The summed E-state index contributed by atoms with van der Waals surface area (Å²) in [5.74, 6) is -0.381. The van der Waals surface area contributed by atoms with Crippen LogP contribution in [0.15, 0.2) is 24.5 Å². The number of carbonyl (C=O) groups is 1. The minimum absolute atomic E-state index is 0.348. The molecule has 0 saturated heterocycles. The molecule has 19 heavy (non-hydrogen) atoms. The number of hydrogen-bond donors (Lipinski definition) is 0. The van der Waals surface area contributed by atoms with Crippen LogP contribution in [0.2, 0.25) is 0 Å². The number of pyridine rings is 1. The maximum Gasteiger partial charge on any atom is 0.356 e. The van der Waals surface area contributed by atoms with Crippen molar-refractivity contribution in [1.82, 2.24) is 9.55 Å². The van der Waals surface area contributed by atoms with E-state index in [1.807, 2.05) is 12.3 Å². The molecular weight excluding hydrogens is 244 g/mol. The summed E-state index contributed by atoms with van der Waals surface area (Å²) in [5.41, 5.74) is 1.34. The normalized spacial score (nSPS) is 10.8. The monoisotopic (exact) mass is 262 g/mol. The number of ether oxygens (including phenoxy) is 2. The van der Waals surface area contributed by atoms with Gasteiger partial charge in [0, 0.05) is 38.0 Å². The predicted octanol–water partition coefficient (Wildman–Crippen LogP) is 2.25. The molecule has 0 N–H and O–H groups in total. The number of aryl methyl sites for hydroxylation is 1. The summed E-state index contributed by atoms with van der Waals surface area (Å²) in [5, 5.41) is 1.02. The topological polar surface area (TPSA) is 53.4 Å². The number of rotatable bonds is 6. The highest BCUT2D eigenvalue weighted by molar-refractivity contribution is 5.92. The molecule has 0 spiro atoms. The molecule has 2 aromatic heterocycles. The minimum atomic E-state index is -0.381. The van der Waals surface area contributed by atoms with Crippen molar-refractivity contribution in [3.63, 3.8) is 0 Å². The lowest BCUT2D eigenvalue weighted by atomic mass is 10.3. The van der Waals surface area contributed by atoms with E-state index in [9.17, 15) is 4.79 Å². The van der Waals surface area contributed by atoms with Gasteiger partial charge in [0.05, 0.1) is 12.1 Å². The highest BCUT2D eigenvalue weighted by Gasteiger charge is 2.10. The molecule has 0 amide bonds. The van der Waals surface area contributed by atoms with Gasteiger partial charge in [0.2, 0.25) is 0 Å². The molecule has 0 unspecified atom stereocenters. The molecule has 0 aliphatic heterocycles. The Morgan fingerprint density at radius 2 is 2.32 bits per heavy atom. The lowest BCUT2D eigenvalue weighted by Gasteiger charge is -2.06. The van der Waals surface area contributed by atoms with Crippen molar-refractivity contribution in [3.05, 3.63) is 30.2 Å².